The van der Waals surface area contributed by atoms with Gasteiger partial charge in [-0.1, -0.05) is 0 Å². The maximum absolute atomic E-state index is 12.9. The number of carbonyl (C=O) groups is 1. The first kappa shape index (κ1) is 16.4. The summed E-state index contributed by atoms with van der Waals surface area (Å²) < 4.78 is 13.3. The van der Waals surface area contributed by atoms with Crippen molar-refractivity contribution in [3.05, 3.63) is 34.1 Å². The molecule has 1 aromatic carbocycles. The van der Waals surface area contributed by atoms with Crippen molar-refractivity contribution >= 4 is 34.2 Å². The minimum absolute atomic E-state index is 0. The van der Waals surface area contributed by atoms with Gasteiger partial charge in [-0.05, 0) is 34.1 Å². The maximum atomic E-state index is 12.9. The molecule has 106 valence electrons. The molecule has 2 rings (SSSR count). The number of hydrogen-bond donors (Lipinski definition) is 3. The van der Waals surface area contributed by atoms with Crippen molar-refractivity contribution in [2.75, 3.05) is 19.6 Å². The third-order valence-corrected chi connectivity index (χ3v) is 3.66. The third-order valence-electron chi connectivity index (χ3n) is 3.00. The van der Waals surface area contributed by atoms with E-state index < -0.39 is 11.9 Å². The molecule has 0 aliphatic carbocycles. The monoisotopic (exact) mass is 352 g/mol. The average Bonchev–Trinajstić information content (AvgIpc) is 2.72. The molecular weight excluding hydrogens is 338 g/mol. The molecule has 0 bridgehead atoms. The Morgan fingerprint density at radius 1 is 1.53 bits per heavy atom. The molecule has 19 heavy (non-hydrogen) atoms. The number of hydrogen-bond acceptors (Lipinski definition) is 3. The van der Waals surface area contributed by atoms with Crippen LogP contribution >= 0.6 is 28.3 Å². The summed E-state index contributed by atoms with van der Waals surface area (Å²) in [5.74, 6) is -0.650. The van der Waals surface area contributed by atoms with Gasteiger partial charge in [0, 0.05) is 30.0 Å². The van der Waals surface area contributed by atoms with Crippen LogP contribution in [-0.2, 0) is 0 Å². The molecule has 2 atom stereocenters. The minimum atomic E-state index is -0.429. The quantitative estimate of drug-likeness (QED) is 0.768. The maximum Gasteiger partial charge on any atom is 0.252 e. The second-order valence-corrected chi connectivity index (χ2v) is 5.17. The minimum Gasteiger partial charge on any atom is -0.391 e. The number of halogens is 3. The molecule has 1 aliphatic heterocycles. The topological polar surface area (TPSA) is 61.4 Å². The Morgan fingerprint density at radius 3 is 2.84 bits per heavy atom. The van der Waals surface area contributed by atoms with Crippen LogP contribution in [0, 0.1) is 11.7 Å². The first-order valence-corrected chi connectivity index (χ1v) is 6.49. The lowest BCUT2D eigenvalue weighted by atomic mass is 10.1. The summed E-state index contributed by atoms with van der Waals surface area (Å²) in [6.45, 7) is 1.64. The highest BCUT2D eigenvalue weighted by Gasteiger charge is 2.25. The first-order valence-electron chi connectivity index (χ1n) is 5.70. The van der Waals surface area contributed by atoms with E-state index >= 15 is 0 Å². The zero-order valence-electron chi connectivity index (χ0n) is 10.0. The zero-order valence-corrected chi connectivity index (χ0v) is 12.4. The first-order chi connectivity index (χ1) is 8.58. The van der Waals surface area contributed by atoms with Crippen molar-refractivity contribution in [3.63, 3.8) is 0 Å². The van der Waals surface area contributed by atoms with Crippen molar-refractivity contribution in [2.45, 2.75) is 6.10 Å². The van der Waals surface area contributed by atoms with Crippen LogP contribution in [0.4, 0.5) is 4.39 Å². The normalized spacial score (nSPS) is 21.8. The van der Waals surface area contributed by atoms with Gasteiger partial charge >= 0.3 is 0 Å². The van der Waals surface area contributed by atoms with Gasteiger partial charge in [0.2, 0.25) is 0 Å². The Balaban J connectivity index is 0.00000180. The predicted octanol–water partition coefficient (Wildman–Crippen LogP) is 1.32. The molecule has 1 aromatic rings. The van der Waals surface area contributed by atoms with Crippen molar-refractivity contribution in [3.8, 4) is 0 Å². The fraction of sp³-hybridized carbons (Fsp3) is 0.417. The Bertz CT molecular complexity index is 461. The summed E-state index contributed by atoms with van der Waals surface area (Å²) in [4.78, 5) is 11.9. The number of amides is 1. The van der Waals surface area contributed by atoms with Crippen LogP contribution in [0.3, 0.4) is 0 Å². The molecule has 0 radical (unpaired) electrons. The number of aliphatic hydroxyl groups is 1. The molecule has 1 saturated heterocycles. The molecule has 7 heteroatoms. The summed E-state index contributed by atoms with van der Waals surface area (Å²) in [6.07, 6.45) is -0.429. The molecule has 1 amide bonds. The van der Waals surface area contributed by atoms with E-state index in [-0.39, 0.29) is 24.2 Å². The van der Waals surface area contributed by atoms with Gasteiger partial charge in [-0.3, -0.25) is 4.79 Å². The van der Waals surface area contributed by atoms with E-state index in [4.69, 9.17) is 0 Å². The highest BCUT2D eigenvalue weighted by molar-refractivity contribution is 9.10. The second kappa shape index (κ2) is 7.19. The summed E-state index contributed by atoms with van der Waals surface area (Å²) in [5.41, 5.74) is 0.386. The Labute approximate surface area is 125 Å². The van der Waals surface area contributed by atoms with E-state index in [1.165, 1.54) is 18.2 Å². The number of aliphatic hydroxyl groups excluding tert-OH is 1. The molecule has 1 aliphatic rings. The van der Waals surface area contributed by atoms with E-state index in [0.717, 1.165) is 0 Å². The molecule has 1 heterocycles. The van der Waals surface area contributed by atoms with E-state index in [1.807, 2.05) is 0 Å². The fourth-order valence-corrected chi connectivity index (χ4v) is 2.45. The highest BCUT2D eigenvalue weighted by Crippen LogP contribution is 2.18. The van der Waals surface area contributed by atoms with Crippen LogP contribution in [0.5, 0.6) is 0 Å². The van der Waals surface area contributed by atoms with Crippen molar-refractivity contribution in [1.29, 1.82) is 0 Å². The standard InChI is InChI=1S/C12H14BrFN2O2.ClH/c13-10-3-8(14)1-2-9(10)12(18)16-5-7-4-15-6-11(7)17;/h1-3,7,11,15,17H,4-6H2,(H,16,18);1H. The number of nitrogens with one attached hydrogen (secondary N) is 2. The lowest BCUT2D eigenvalue weighted by molar-refractivity contribution is 0.0926. The predicted molar refractivity (Wildman–Crippen MR) is 76.0 cm³/mol. The lowest BCUT2D eigenvalue weighted by Gasteiger charge is -2.14. The number of carbonyl (C=O) groups excluding carboxylic acids is 1. The van der Waals surface area contributed by atoms with Crippen LogP contribution in [0.1, 0.15) is 10.4 Å². The van der Waals surface area contributed by atoms with Gasteiger partial charge in [0.15, 0.2) is 0 Å². The van der Waals surface area contributed by atoms with E-state index in [1.54, 1.807) is 0 Å². The zero-order chi connectivity index (χ0) is 13.1. The van der Waals surface area contributed by atoms with Crippen LogP contribution in [0.2, 0.25) is 0 Å². The van der Waals surface area contributed by atoms with Gasteiger partial charge in [0.1, 0.15) is 5.82 Å². The van der Waals surface area contributed by atoms with E-state index in [9.17, 15) is 14.3 Å². The van der Waals surface area contributed by atoms with Gasteiger partial charge in [0.25, 0.3) is 5.91 Å². The molecule has 0 spiro atoms. The lowest BCUT2D eigenvalue weighted by Crippen LogP contribution is -2.34. The van der Waals surface area contributed by atoms with Crippen molar-refractivity contribution in [2.24, 2.45) is 5.92 Å². The van der Waals surface area contributed by atoms with E-state index in [0.29, 0.717) is 29.7 Å². The Hall–Kier alpha value is -0.690. The Kier molecular flexibility index (Phi) is 6.19. The van der Waals surface area contributed by atoms with Crippen LogP contribution in [-0.4, -0.2) is 36.8 Å². The molecule has 3 N–H and O–H groups in total. The van der Waals surface area contributed by atoms with Crippen molar-refractivity contribution < 1.29 is 14.3 Å². The summed E-state index contributed by atoms with van der Waals surface area (Å²) in [6, 6.07) is 3.92. The molecule has 4 nitrogen and oxygen atoms in total. The molecule has 0 aromatic heterocycles. The largest absolute Gasteiger partial charge is 0.391 e. The van der Waals surface area contributed by atoms with Gasteiger partial charge in [-0.25, -0.2) is 4.39 Å². The third kappa shape index (κ3) is 4.14. The van der Waals surface area contributed by atoms with Crippen LogP contribution in [0.25, 0.3) is 0 Å². The Morgan fingerprint density at radius 2 is 2.26 bits per heavy atom. The second-order valence-electron chi connectivity index (χ2n) is 4.32. The van der Waals surface area contributed by atoms with E-state index in [2.05, 4.69) is 26.6 Å². The van der Waals surface area contributed by atoms with Gasteiger partial charge < -0.3 is 15.7 Å². The van der Waals surface area contributed by atoms with Gasteiger partial charge in [-0.15, -0.1) is 12.4 Å². The van der Waals surface area contributed by atoms with Gasteiger partial charge in [0.05, 0.1) is 11.7 Å². The number of rotatable bonds is 3. The van der Waals surface area contributed by atoms with Crippen LogP contribution in [0.15, 0.2) is 22.7 Å². The highest BCUT2D eigenvalue weighted by atomic mass is 79.9. The summed E-state index contributed by atoms with van der Waals surface area (Å²) in [5, 5.41) is 15.4. The number of β-amino-alcohol motifs (C(OH)–C–C–N with tert-alkyl or cyclic N) is 1. The fourth-order valence-electron chi connectivity index (χ4n) is 1.92. The van der Waals surface area contributed by atoms with Gasteiger partial charge in [-0.2, -0.15) is 0 Å². The SMILES string of the molecule is Cl.O=C(NCC1CNCC1O)c1ccc(F)cc1Br. The smallest absolute Gasteiger partial charge is 0.252 e. The molecule has 2 unspecified atom stereocenters. The summed E-state index contributed by atoms with van der Waals surface area (Å²) in [7, 11) is 0. The molecular formula is C12H15BrClFN2O2. The molecule has 0 saturated carbocycles. The van der Waals surface area contributed by atoms with Crippen LogP contribution < -0.4 is 10.6 Å². The summed E-state index contributed by atoms with van der Waals surface area (Å²) >= 11 is 3.15. The van der Waals surface area contributed by atoms with Crippen molar-refractivity contribution in [1.82, 2.24) is 10.6 Å². The molecule has 1 fully saturated rings. The number of benzene rings is 1. The average molecular weight is 354 g/mol.